The van der Waals surface area contributed by atoms with Gasteiger partial charge >= 0.3 is 5.63 Å². The molecule has 4 heteroatoms. The van der Waals surface area contributed by atoms with Crippen molar-refractivity contribution in [1.29, 1.82) is 0 Å². The van der Waals surface area contributed by atoms with Crippen molar-refractivity contribution in [3.8, 4) is 5.75 Å². The third-order valence-corrected chi connectivity index (χ3v) is 4.22. The van der Waals surface area contributed by atoms with Gasteiger partial charge in [0.15, 0.2) is 12.4 Å². The van der Waals surface area contributed by atoms with E-state index in [4.69, 9.17) is 9.15 Å². The van der Waals surface area contributed by atoms with Gasteiger partial charge in [-0.25, -0.2) is 4.79 Å². The van der Waals surface area contributed by atoms with Gasteiger partial charge in [0.2, 0.25) is 0 Å². The maximum Gasteiger partial charge on any atom is 0.339 e. The molecule has 1 aromatic heterocycles. The maximum absolute atomic E-state index is 12.1. The molecule has 3 aromatic rings. The minimum atomic E-state index is -0.302. The summed E-state index contributed by atoms with van der Waals surface area (Å²) >= 11 is 0. The van der Waals surface area contributed by atoms with Crippen LogP contribution in [0.4, 0.5) is 0 Å². The van der Waals surface area contributed by atoms with E-state index in [1.165, 1.54) is 0 Å². The number of Topliss-reactive ketones (excluding diaryl/α,β-unsaturated/α-hetero) is 1. The smallest absolute Gasteiger partial charge is 0.339 e. The zero-order valence-corrected chi connectivity index (χ0v) is 14.4. The molecule has 1 heterocycles. The van der Waals surface area contributed by atoms with E-state index in [1.54, 1.807) is 24.3 Å². The Kier molecular flexibility index (Phi) is 4.98. The minimum Gasteiger partial charge on any atom is -0.485 e. The first kappa shape index (κ1) is 17.0. The number of hydrogen-bond acceptors (Lipinski definition) is 4. The summed E-state index contributed by atoms with van der Waals surface area (Å²) in [6.07, 6.45) is 1.59. The Morgan fingerprint density at radius 1 is 1.12 bits per heavy atom. The lowest BCUT2D eigenvalue weighted by molar-refractivity contribution is 0.0921. The highest BCUT2D eigenvalue weighted by Gasteiger charge is 2.12. The standard InChI is InChI=1S/C21H20O4/c1-3-7-18-14(2)17-11-10-16(12-20(17)25-21(18)23)24-13-19(22)15-8-5-4-6-9-15/h4-6,8-12H,3,7,13H2,1-2H3. The number of ether oxygens (including phenoxy) is 1. The number of carbonyl (C=O) groups excluding carboxylic acids is 1. The van der Waals surface area contributed by atoms with Crippen molar-refractivity contribution in [1.82, 2.24) is 0 Å². The number of aryl methyl sites for hydroxylation is 1. The number of fused-ring (bicyclic) bond motifs is 1. The van der Waals surface area contributed by atoms with Gasteiger partial charge in [0.05, 0.1) is 0 Å². The van der Waals surface area contributed by atoms with Crippen LogP contribution in [0.3, 0.4) is 0 Å². The van der Waals surface area contributed by atoms with E-state index in [9.17, 15) is 9.59 Å². The van der Waals surface area contributed by atoms with Gasteiger partial charge in [-0.2, -0.15) is 0 Å². The largest absolute Gasteiger partial charge is 0.485 e. The zero-order chi connectivity index (χ0) is 17.8. The molecule has 0 amide bonds. The Morgan fingerprint density at radius 3 is 2.60 bits per heavy atom. The zero-order valence-electron chi connectivity index (χ0n) is 14.4. The fourth-order valence-corrected chi connectivity index (χ4v) is 2.86. The fourth-order valence-electron chi connectivity index (χ4n) is 2.86. The highest BCUT2D eigenvalue weighted by Crippen LogP contribution is 2.24. The van der Waals surface area contributed by atoms with E-state index < -0.39 is 0 Å². The Labute approximate surface area is 146 Å². The molecule has 128 valence electrons. The first-order chi connectivity index (χ1) is 12.1. The Hall–Kier alpha value is -2.88. The molecule has 0 bridgehead atoms. The second-order valence-electron chi connectivity index (χ2n) is 5.98. The highest BCUT2D eigenvalue weighted by atomic mass is 16.5. The van der Waals surface area contributed by atoms with E-state index in [2.05, 4.69) is 0 Å². The summed E-state index contributed by atoms with van der Waals surface area (Å²) in [6.45, 7) is 3.90. The van der Waals surface area contributed by atoms with E-state index in [1.807, 2.05) is 38.1 Å². The van der Waals surface area contributed by atoms with E-state index in [0.29, 0.717) is 23.3 Å². The number of carbonyl (C=O) groups is 1. The molecule has 0 aliphatic heterocycles. The predicted molar refractivity (Wildman–Crippen MR) is 97.5 cm³/mol. The van der Waals surface area contributed by atoms with Crippen molar-refractivity contribution in [3.63, 3.8) is 0 Å². The normalized spacial score (nSPS) is 10.8. The van der Waals surface area contributed by atoms with Crippen LogP contribution in [0.1, 0.15) is 34.8 Å². The molecule has 0 saturated heterocycles. The fraction of sp³-hybridized carbons (Fsp3) is 0.238. The van der Waals surface area contributed by atoms with Crippen LogP contribution in [0.2, 0.25) is 0 Å². The van der Waals surface area contributed by atoms with Crippen molar-refractivity contribution in [2.24, 2.45) is 0 Å². The van der Waals surface area contributed by atoms with Crippen LogP contribution in [-0.2, 0) is 6.42 Å². The van der Waals surface area contributed by atoms with E-state index in [-0.39, 0.29) is 18.0 Å². The third kappa shape index (κ3) is 3.63. The molecule has 0 spiro atoms. The average molecular weight is 336 g/mol. The molecule has 0 atom stereocenters. The van der Waals surface area contributed by atoms with E-state index >= 15 is 0 Å². The Bertz CT molecular complexity index is 955. The molecule has 0 unspecified atom stereocenters. The molecule has 4 nitrogen and oxygen atoms in total. The molecule has 0 fully saturated rings. The van der Waals surface area contributed by atoms with Crippen LogP contribution >= 0.6 is 0 Å². The molecule has 0 radical (unpaired) electrons. The second kappa shape index (κ2) is 7.34. The summed E-state index contributed by atoms with van der Waals surface area (Å²) < 4.78 is 11.0. The SMILES string of the molecule is CCCc1c(C)c2ccc(OCC(=O)c3ccccc3)cc2oc1=O. The molecule has 0 aliphatic rings. The van der Waals surface area contributed by atoms with Gasteiger partial charge in [-0.05, 0) is 31.0 Å². The lowest BCUT2D eigenvalue weighted by Crippen LogP contribution is -2.12. The molecule has 0 saturated carbocycles. The predicted octanol–water partition coefficient (Wildman–Crippen LogP) is 4.32. The second-order valence-corrected chi connectivity index (χ2v) is 5.98. The van der Waals surface area contributed by atoms with Crippen LogP contribution in [0.15, 0.2) is 57.7 Å². The van der Waals surface area contributed by atoms with Crippen LogP contribution in [0.5, 0.6) is 5.75 Å². The number of hydrogen-bond donors (Lipinski definition) is 0. The summed E-state index contributed by atoms with van der Waals surface area (Å²) in [5, 5.41) is 0.893. The van der Waals surface area contributed by atoms with Gasteiger partial charge in [0.1, 0.15) is 11.3 Å². The average Bonchev–Trinajstić information content (AvgIpc) is 2.63. The van der Waals surface area contributed by atoms with E-state index in [0.717, 1.165) is 22.9 Å². The quantitative estimate of drug-likeness (QED) is 0.497. The van der Waals surface area contributed by atoms with Crippen LogP contribution in [0, 0.1) is 6.92 Å². The van der Waals surface area contributed by atoms with Gasteiger partial charge in [-0.15, -0.1) is 0 Å². The summed E-state index contributed by atoms with van der Waals surface area (Å²) in [5.41, 5.74) is 2.45. The molecular weight excluding hydrogens is 316 g/mol. The van der Waals surface area contributed by atoms with Crippen molar-refractivity contribution >= 4 is 16.8 Å². The lowest BCUT2D eigenvalue weighted by atomic mass is 10.0. The van der Waals surface area contributed by atoms with Gasteiger partial charge in [-0.1, -0.05) is 43.7 Å². The monoisotopic (exact) mass is 336 g/mol. The molecule has 0 aliphatic carbocycles. The summed E-state index contributed by atoms with van der Waals surface area (Å²) in [6, 6.07) is 14.3. The van der Waals surface area contributed by atoms with Crippen LogP contribution < -0.4 is 10.4 Å². The first-order valence-electron chi connectivity index (χ1n) is 8.37. The summed E-state index contributed by atoms with van der Waals surface area (Å²) in [4.78, 5) is 24.3. The summed E-state index contributed by atoms with van der Waals surface area (Å²) in [5.74, 6) is 0.402. The lowest BCUT2D eigenvalue weighted by Gasteiger charge is -2.09. The molecule has 25 heavy (non-hydrogen) atoms. The number of ketones is 1. The van der Waals surface area contributed by atoms with Crippen molar-refractivity contribution in [3.05, 3.63) is 75.6 Å². The Balaban J connectivity index is 1.83. The minimum absolute atomic E-state index is 0.0628. The van der Waals surface area contributed by atoms with Crippen LogP contribution in [0.25, 0.3) is 11.0 Å². The summed E-state index contributed by atoms with van der Waals surface area (Å²) in [7, 11) is 0. The third-order valence-electron chi connectivity index (χ3n) is 4.22. The molecule has 2 aromatic carbocycles. The number of benzene rings is 2. The highest BCUT2D eigenvalue weighted by molar-refractivity contribution is 5.97. The van der Waals surface area contributed by atoms with Gasteiger partial charge in [0, 0.05) is 22.6 Å². The first-order valence-corrected chi connectivity index (χ1v) is 8.37. The van der Waals surface area contributed by atoms with Gasteiger partial charge in [-0.3, -0.25) is 4.79 Å². The van der Waals surface area contributed by atoms with Crippen molar-refractivity contribution in [2.75, 3.05) is 6.61 Å². The maximum atomic E-state index is 12.1. The number of rotatable bonds is 6. The van der Waals surface area contributed by atoms with Crippen molar-refractivity contribution in [2.45, 2.75) is 26.7 Å². The topological polar surface area (TPSA) is 56.5 Å². The van der Waals surface area contributed by atoms with Crippen LogP contribution in [-0.4, -0.2) is 12.4 Å². The molecule has 3 rings (SSSR count). The van der Waals surface area contributed by atoms with Gasteiger partial charge in [0.25, 0.3) is 0 Å². The molecule has 0 N–H and O–H groups in total. The Morgan fingerprint density at radius 2 is 1.88 bits per heavy atom. The molecular formula is C21H20O4. The van der Waals surface area contributed by atoms with Gasteiger partial charge < -0.3 is 9.15 Å². The van der Waals surface area contributed by atoms with Crippen molar-refractivity contribution < 1.29 is 13.9 Å².